The predicted octanol–water partition coefficient (Wildman–Crippen LogP) is 3.26. The molecule has 1 fully saturated rings. The fourth-order valence-corrected chi connectivity index (χ4v) is 3.05. The Balaban J connectivity index is 0.00000264. The molecule has 1 aliphatic heterocycles. The molecule has 1 aromatic rings. The Morgan fingerprint density at radius 1 is 1.35 bits per heavy atom. The smallest absolute Gasteiger partial charge is 0.191 e. The SMILES string of the molecule is CN=C(NCCN1CCCC(C)C1)NC(C)c1ccccc1.I. The topological polar surface area (TPSA) is 39.7 Å². The number of rotatable bonds is 5. The van der Waals surface area contributed by atoms with Crippen LogP contribution >= 0.6 is 24.0 Å². The van der Waals surface area contributed by atoms with E-state index in [4.69, 9.17) is 0 Å². The Bertz CT molecular complexity index is 463. The number of nitrogens with zero attached hydrogens (tertiary/aromatic N) is 2. The monoisotopic (exact) mass is 430 g/mol. The molecule has 130 valence electrons. The number of hydrogen-bond acceptors (Lipinski definition) is 2. The lowest BCUT2D eigenvalue weighted by Crippen LogP contribution is -2.44. The minimum absolute atomic E-state index is 0. The molecule has 0 bridgehead atoms. The summed E-state index contributed by atoms with van der Waals surface area (Å²) < 4.78 is 0. The molecule has 1 saturated heterocycles. The van der Waals surface area contributed by atoms with Gasteiger partial charge in [-0.2, -0.15) is 0 Å². The first kappa shape index (κ1) is 20.2. The Kier molecular flexibility index (Phi) is 9.55. The Morgan fingerprint density at radius 3 is 2.74 bits per heavy atom. The quantitative estimate of drug-likeness (QED) is 0.428. The standard InChI is InChI=1S/C18H30N4.HI/c1-15-8-7-12-22(14-15)13-11-20-18(19-3)21-16(2)17-9-5-4-6-10-17;/h4-6,9-10,15-16H,7-8,11-14H2,1-3H3,(H2,19,20,21);1H. The average Bonchev–Trinajstić information content (AvgIpc) is 2.54. The van der Waals surface area contributed by atoms with Crippen molar-refractivity contribution in [2.24, 2.45) is 10.9 Å². The Labute approximate surface area is 158 Å². The van der Waals surface area contributed by atoms with Crippen LogP contribution in [0.1, 0.15) is 38.3 Å². The summed E-state index contributed by atoms with van der Waals surface area (Å²) in [6.07, 6.45) is 2.71. The van der Waals surface area contributed by atoms with Gasteiger partial charge in [0.2, 0.25) is 0 Å². The number of guanidine groups is 1. The molecule has 0 spiro atoms. The van der Waals surface area contributed by atoms with Crippen molar-refractivity contribution in [2.75, 3.05) is 33.2 Å². The second-order valence-corrected chi connectivity index (χ2v) is 6.32. The lowest BCUT2D eigenvalue weighted by Gasteiger charge is -2.31. The summed E-state index contributed by atoms with van der Waals surface area (Å²) in [6.45, 7) is 9.00. The van der Waals surface area contributed by atoms with Crippen LogP contribution in [0.25, 0.3) is 0 Å². The molecule has 2 rings (SSSR count). The molecule has 0 aromatic heterocycles. The highest BCUT2D eigenvalue weighted by molar-refractivity contribution is 14.0. The molecule has 2 unspecified atom stereocenters. The van der Waals surface area contributed by atoms with E-state index in [2.05, 4.69) is 58.6 Å². The molecule has 0 saturated carbocycles. The fourth-order valence-electron chi connectivity index (χ4n) is 3.05. The number of aliphatic imine (C=N–C) groups is 1. The van der Waals surface area contributed by atoms with Gasteiger partial charge in [0.25, 0.3) is 0 Å². The van der Waals surface area contributed by atoms with Crippen molar-refractivity contribution >= 4 is 29.9 Å². The molecule has 0 amide bonds. The van der Waals surface area contributed by atoms with Crippen molar-refractivity contribution in [3.63, 3.8) is 0 Å². The van der Waals surface area contributed by atoms with Gasteiger partial charge < -0.3 is 15.5 Å². The zero-order valence-electron chi connectivity index (χ0n) is 14.6. The summed E-state index contributed by atoms with van der Waals surface area (Å²) in [6, 6.07) is 10.7. The summed E-state index contributed by atoms with van der Waals surface area (Å²) in [4.78, 5) is 6.88. The molecule has 23 heavy (non-hydrogen) atoms. The van der Waals surface area contributed by atoms with Crippen LogP contribution in [0.2, 0.25) is 0 Å². The van der Waals surface area contributed by atoms with Gasteiger partial charge in [-0.15, -0.1) is 24.0 Å². The van der Waals surface area contributed by atoms with Gasteiger partial charge in [0.05, 0.1) is 6.04 Å². The third-order valence-electron chi connectivity index (χ3n) is 4.34. The van der Waals surface area contributed by atoms with E-state index in [1.165, 1.54) is 31.5 Å². The highest BCUT2D eigenvalue weighted by atomic mass is 127. The number of halogens is 1. The average molecular weight is 430 g/mol. The first-order valence-corrected chi connectivity index (χ1v) is 8.43. The molecule has 1 aliphatic rings. The van der Waals surface area contributed by atoms with Crippen molar-refractivity contribution in [3.05, 3.63) is 35.9 Å². The summed E-state index contributed by atoms with van der Waals surface area (Å²) >= 11 is 0. The molecule has 0 aliphatic carbocycles. The normalized spacial score (nSPS) is 20.5. The van der Waals surface area contributed by atoms with Crippen LogP contribution in [0, 0.1) is 5.92 Å². The molecule has 2 atom stereocenters. The first-order chi connectivity index (χ1) is 10.7. The van der Waals surface area contributed by atoms with Crippen molar-refractivity contribution in [3.8, 4) is 0 Å². The van der Waals surface area contributed by atoms with E-state index >= 15 is 0 Å². The molecule has 2 N–H and O–H groups in total. The van der Waals surface area contributed by atoms with Crippen LogP contribution in [0.5, 0.6) is 0 Å². The third-order valence-corrected chi connectivity index (χ3v) is 4.34. The summed E-state index contributed by atoms with van der Waals surface area (Å²) in [5.41, 5.74) is 1.27. The van der Waals surface area contributed by atoms with Gasteiger partial charge in [-0.25, -0.2) is 0 Å². The first-order valence-electron chi connectivity index (χ1n) is 8.43. The van der Waals surface area contributed by atoms with E-state index in [1.54, 1.807) is 0 Å². The summed E-state index contributed by atoms with van der Waals surface area (Å²) in [5.74, 6) is 1.71. The number of nitrogens with one attached hydrogen (secondary N) is 2. The van der Waals surface area contributed by atoms with Gasteiger partial charge in [0.1, 0.15) is 0 Å². The van der Waals surface area contributed by atoms with E-state index in [-0.39, 0.29) is 30.0 Å². The minimum Gasteiger partial charge on any atom is -0.355 e. The van der Waals surface area contributed by atoms with Gasteiger partial charge in [-0.05, 0) is 37.8 Å². The zero-order valence-corrected chi connectivity index (χ0v) is 16.9. The van der Waals surface area contributed by atoms with E-state index in [9.17, 15) is 0 Å². The van der Waals surface area contributed by atoms with Gasteiger partial charge >= 0.3 is 0 Å². The number of piperidine rings is 1. The highest BCUT2D eigenvalue weighted by Gasteiger charge is 2.15. The van der Waals surface area contributed by atoms with E-state index < -0.39 is 0 Å². The number of likely N-dealkylation sites (tertiary alicyclic amines) is 1. The van der Waals surface area contributed by atoms with E-state index in [0.717, 1.165) is 25.0 Å². The fraction of sp³-hybridized carbons (Fsp3) is 0.611. The largest absolute Gasteiger partial charge is 0.355 e. The molecular formula is C18H31IN4. The van der Waals surface area contributed by atoms with Crippen LogP contribution in [-0.4, -0.2) is 44.1 Å². The Hall–Kier alpha value is -0.820. The maximum Gasteiger partial charge on any atom is 0.191 e. The maximum atomic E-state index is 4.33. The predicted molar refractivity (Wildman–Crippen MR) is 110 cm³/mol. The van der Waals surface area contributed by atoms with E-state index in [0.29, 0.717) is 0 Å². The lowest BCUT2D eigenvalue weighted by atomic mass is 10.0. The highest BCUT2D eigenvalue weighted by Crippen LogP contribution is 2.14. The molecular weight excluding hydrogens is 399 g/mol. The molecule has 1 aromatic carbocycles. The second kappa shape index (κ2) is 10.9. The third kappa shape index (κ3) is 7.08. The Morgan fingerprint density at radius 2 is 2.09 bits per heavy atom. The summed E-state index contributed by atoms with van der Waals surface area (Å²) in [7, 11) is 1.83. The van der Waals surface area contributed by atoms with E-state index in [1.807, 2.05) is 13.1 Å². The molecule has 1 heterocycles. The van der Waals surface area contributed by atoms with Gasteiger partial charge in [-0.1, -0.05) is 37.3 Å². The van der Waals surface area contributed by atoms with Gasteiger partial charge in [0.15, 0.2) is 5.96 Å². The molecule has 4 nitrogen and oxygen atoms in total. The van der Waals surface area contributed by atoms with Crippen LogP contribution in [0.4, 0.5) is 0 Å². The number of hydrogen-bond donors (Lipinski definition) is 2. The van der Waals surface area contributed by atoms with Crippen LogP contribution < -0.4 is 10.6 Å². The zero-order chi connectivity index (χ0) is 15.8. The number of benzene rings is 1. The minimum atomic E-state index is 0. The lowest BCUT2D eigenvalue weighted by molar-refractivity contribution is 0.187. The molecule has 0 radical (unpaired) electrons. The van der Waals surface area contributed by atoms with Crippen molar-refractivity contribution in [2.45, 2.75) is 32.7 Å². The van der Waals surface area contributed by atoms with Crippen LogP contribution in [0.3, 0.4) is 0 Å². The molecule has 5 heteroatoms. The van der Waals surface area contributed by atoms with Crippen molar-refractivity contribution < 1.29 is 0 Å². The van der Waals surface area contributed by atoms with Crippen LogP contribution in [0.15, 0.2) is 35.3 Å². The van der Waals surface area contributed by atoms with Gasteiger partial charge in [-0.3, -0.25) is 4.99 Å². The van der Waals surface area contributed by atoms with Gasteiger partial charge in [0, 0.05) is 26.7 Å². The second-order valence-electron chi connectivity index (χ2n) is 6.32. The van der Waals surface area contributed by atoms with Crippen molar-refractivity contribution in [1.29, 1.82) is 0 Å². The maximum absolute atomic E-state index is 4.33. The van der Waals surface area contributed by atoms with Crippen LogP contribution in [-0.2, 0) is 0 Å². The van der Waals surface area contributed by atoms with Crippen molar-refractivity contribution in [1.82, 2.24) is 15.5 Å². The summed E-state index contributed by atoms with van der Waals surface area (Å²) in [5, 5.41) is 6.88.